The van der Waals surface area contributed by atoms with Gasteiger partial charge in [-0.2, -0.15) is 0 Å². The molecule has 156 valence electrons. The van der Waals surface area contributed by atoms with Crippen molar-refractivity contribution in [3.8, 4) is 0 Å². The molecule has 1 saturated heterocycles. The van der Waals surface area contributed by atoms with Crippen LogP contribution in [0.15, 0.2) is 12.7 Å². The lowest BCUT2D eigenvalue weighted by Gasteiger charge is -2.38. The Kier molecular flexibility index (Phi) is 9.30. The van der Waals surface area contributed by atoms with Gasteiger partial charge in [-0.1, -0.05) is 6.08 Å². The molecule has 0 aromatic rings. The molecular formula is C21H38N2O4. The zero-order chi connectivity index (χ0) is 20.6. The minimum absolute atomic E-state index is 0.0251. The number of ether oxygens (including phenoxy) is 2. The lowest BCUT2D eigenvalue weighted by molar-refractivity contribution is -0.144. The Hall–Kier alpha value is -1.56. The molecule has 0 aliphatic carbocycles. The van der Waals surface area contributed by atoms with Crippen LogP contribution in [0.1, 0.15) is 60.8 Å². The summed E-state index contributed by atoms with van der Waals surface area (Å²) >= 11 is 0. The maximum Gasteiger partial charge on any atom is 0.410 e. The minimum Gasteiger partial charge on any atom is -0.444 e. The zero-order valence-electron chi connectivity index (χ0n) is 18.0. The van der Waals surface area contributed by atoms with Crippen molar-refractivity contribution in [1.82, 2.24) is 9.80 Å². The van der Waals surface area contributed by atoms with Crippen molar-refractivity contribution in [2.75, 3.05) is 26.2 Å². The summed E-state index contributed by atoms with van der Waals surface area (Å²) in [5.41, 5.74) is -0.517. The van der Waals surface area contributed by atoms with Crippen LogP contribution in [0.2, 0.25) is 0 Å². The van der Waals surface area contributed by atoms with Crippen molar-refractivity contribution >= 4 is 12.0 Å². The van der Waals surface area contributed by atoms with Gasteiger partial charge in [-0.15, -0.1) is 6.58 Å². The molecular weight excluding hydrogens is 344 g/mol. The summed E-state index contributed by atoms with van der Waals surface area (Å²) in [7, 11) is 0. The molecule has 0 aromatic carbocycles. The van der Waals surface area contributed by atoms with E-state index in [4.69, 9.17) is 9.47 Å². The summed E-state index contributed by atoms with van der Waals surface area (Å²) in [6.45, 7) is 17.6. The van der Waals surface area contributed by atoms with Gasteiger partial charge in [-0.05, 0) is 66.7 Å². The molecule has 2 atom stereocenters. The van der Waals surface area contributed by atoms with Crippen LogP contribution in [0.5, 0.6) is 0 Å². The molecule has 2 amide bonds. The molecule has 0 bridgehead atoms. The Morgan fingerprint density at radius 2 is 1.96 bits per heavy atom. The molecule has 27 heavy (non-hydrogen) atoms. The summed E-state index contributed by atoms with van der Waals surface area (Å²) < 4.78 is 11.1. The van der Waals surface area contributed by atoms with E-state index >= 15 is 0 Å². The number of carbonyl (C=O) groups is 2. The molecule has 0 saturated carbocycles. The van der Waals surface area contributed by atoms with E-state index in [1.165, 1.54) is 0 Å². The lowest BCUT2D eigenvalue weighted by atomic mass is 9.96. The van der Waals surface area contributed by atoms with Gasteiger partial charge in [-0.25, -0.2) is 4.79 Å². The first-order valence-electron chi connectivity index (χ1n) is 10.1. The number of hydrogen-bond acceptors (Lipinski definition) is 4. The summed E-state index contributed by atoms with van der Waals surface area (Å²) in [5.74, 6) is 0.273. The van der Waals surface area contributed by atoms with Crippen LogP contribution in [0.25, 0.3) is 0 Å². The number of nitrogens with zero attached hydrogens (tertiary/aromatic N) is 2. The highest BCUT2D eigenvalue weighted by atomic mass is 16.6. The molecule has 0 radical (unpaired) electrons. The van der Waals surface area contributed by atoms with Gasteiger partial charge in [0.2, 0.25) is 0 Å². The van der Waals surface area contributed by atoms with Crippen LogP contribution in [-0.2, 0) is 14.3 Å². The second kappa shape index (κ2) is 10.7. The topological polar surface area (TPSA) is 59.1 Å². The quantitative estimate of drug-likeness (QED) is 0.473. The van der Waals surface area contributed by atoms with Crippen LogP contribution in [0, 0.1) is 5.92 Å². The SMILES string of the molecule is C=CCCO[C@@H](C)C(=O)N1CCC[C@@H](CN(C(=O)OC(C)(C)C)C(C)C)C1. The van der Waals surface area contributed by atoms with E-state index in [1.54, 1.807) is 17.9 Å². The van der Waals surface area contributed by atoms with Crippen molar-refractivity contribution in [1.29, 1.82) is 0 Å². The Morgan fingerprint density at radius 3 is 2.52 bits per heavy atom. The van der Waals surface area contributed by atoms with Gasteiger partial charge < -0.3 is 19.3 Å². The van der Waals surface area contributed by atoms with Crippen molar-refractivity contribution < 1.29 is 19.1 Å². The molecule has 0 N–H and O–H groups in total. The first-order valence-corrected chi connectivity index (χ1v) is 10.1. The fourth-order valence-electron chi connectivity index (χ4n) is 3.17. The molecule has 6 heteroatoms. The van der Waals surface area contributed by atoms with Crippen LogP contribution in [-0.4, -0.2) is 65.8 Å². The fraction of sp³-hybridized carbons (Fsp3) is 0.810. The fourth-order valence-corrected chi connectivity index (χ4v) is 3.17. The smallest absolute Gasteiger partial charge is 0.410 e. The number of rotatable bonds is 8. The minimum atomic E-state index is -0.517. The van der Waals surface area contributed by atoms with Crippen molar-refractivity contribution in [3.05, 3.63) is 12.7 Å². The third-order valence-electron chi connectivity index (χ3n) is 4.57. The Balaban J connectivity index is 2.65. The highest BCUT2D eigenvalue weighted by Gasteiger charge is 2.31. The maximum atomic E-state index is 12.6. The Labute approximate surface area is 164 Å². The molecule has 1 aliphatic rings. The van der Waals surface area contributed by atoms with E-state index in [-0.39, 0.29) is 24.0 Å². The summed E-state index contributed by atoms with van der Waals surface area (Å²) in [6.07, 6.45) is 3.72. The van der Waals surface area contributed by atoms with E-state index in [2.05, 4.69) is 6.58 Å². The molecule has 1 fully saturated rings. The van der Waals surface area contributed by atoms with Gasteiger partial charge >= 0.3 is 6.09 Å². The highest BCUT2D eigenvalue weighted by molar-refractivity contribution is 5.80. The molecule has 1 aliphatic heterocycles. The van der Waals surface area contributed by atoms with Crippen molar-refractivity contribution in [2.24, 2.45) is 5.92 Å². The second-order valence-corrected chi connectivity index (χ2v) is 8.61. The number of hydrogen-bond donors (Lipinski definition) is 0. The molecule has 0 aromatic heterocycles. The van der Waals surface area contributed by atoms with Crippen molar-refractivity contribution in [3.63, 3.8) is 0 Å². The Morgan fingerprint density at radius 1 is 1.30 bits per heavy atom. The standard InChI is InChI=1S/C21H38N2O4/c1-8-9-13-26-17(4)19(24)22-12-10-11-18(14-22)15-23(16(2)3)20(25)27-21(5,6)7/h8,16-18H,1,9-15H2,2-7H3/t17-,18+/m0/s1. The largest absolute Gasteiger partial charge is 0.444 e. The number of carbonyl (C=O) groups excluding carboxylic acids is 2. The highest BCUT2D eigenvalue weighted by Crippen LogP contribution is 2.21. The lowest BCUT2D eigenvalue weighted by Crippen LogP contribution is -2.49. The van der Waals surface area contributed by atoms with Gasteiger partial charge in [0.05, 0.1) is 6.61 Å². The summed E-state index contributed by atoms with van der Waals surface area (Å²) in [6, 6.07) is 0.0482. The van der Waals surface area contributed by atoms with Crippen LogP contribution < -0.4 is 0 Å². The average Bonchev–Trinajstić information content (AvgIpc) is 2.57. The molecule has 1 heterocycles. The van der Waals surface area contributed by atoms with E-state index in [1.807, 2.05) is 39.5 Å². The predicted octanol–water partition coefficient (Wildman–Crippen LogP) is 3.85. The summed E-state index contributed by atoms with van der Waals surface area (Å²) in [4.78, 5) is 28.8. The van der Waals surface area contributed by atoms with Crippen LogP contribution in [0.3, 0.4) is 0 Å². The number of amides is 2. The average molecular weight is 383 g/mol. The zero-order valence-corrected chi connectivity index (χ0v) is 18.0. The van der Waals surface area contributed by atoms with Gasteiger partial charge in [0.15, 0.2) is 0 Å². The first-order chi connectivity index (χ1) is 12.5. The van der Waals surface area contributed by atoms with Gasteiger partial charge in [0, 0.05) is 25.7 Å². The van der Waals surface area contributed by atoms with Gasteiger partial charge in [0.1, 0.15) is 11.7 Å². The van der Waals surface area contributed by atoms with Crippen LogP contribution in [0.4, 0.5) is 4.79 Å². The number of likely N-dealkylation sites (tertiary alicyclic amines) is 1. The van der Waals surface area contributed by atoms with Crippen molar-refractivity contribution in [2.45, 2.75) is 78.6 Å². The molecule has 0 unspecified atom stereocenters. The van der Waals surface area contributed by atoms with Crippen LogP contribution >= 0.6 is 0 Å². The predicted molar refractivity (Wildman–Crippen MR) is 108 cm³/mol. The maximum absolute atomic E-state index is 12.6. The van der Waals surface area contributed by atoms with Gasteiger partial charge in [0.25, 0.3) is 5.91 Å². The monoisotopic (exact) mass is 382 g/mol. The van der Waals surface area contributed by atoms with Gasteiger partial charge in [-0.3, -0.25) is 4.79 Å². The first kappa shape index (κ1) is 23.5. The molecule has 0 spiro atoms. The Bertz CT molecular complexity index is 499. The second-order valence-electron chi connectivity index (χ2n) is 8.61. The normalized spacial score (nSPS) is 18.9. The van der Waals surface area contributed by atoms with E-state index in [0.717, 1.165) is 25.8 Å². The molecule has 1 rings (SSSR count). The third-order valence-corrected chi connectivity index (χ3v) is 4.57. The molecule has 6 nitrogen and oxygen atoms in total. The van der Waals surface area contributed by atoms with E-state index in [9.17, 15) is 9.59 Å². The van der Waals surface area contributed by atoms with E-state index in [0.29, 0.717) is 19.7 Å². The summed E-state index contributed by atoms with van der Waals surface area (Å²) in [5, 5.41) is 0. The third kappa shape index (κ3) is 8.33. The van der Waals surface area contributed by atoms with E-state index < -0.39 is 11.7 Å². The number of piperidine rings is 1.